The molecule has 0 unspecified atom stereocenters. The monoisotopic (exact) mass is 300 g/mol. The van der Waals surface area contributed by atoms with E-state index in [1.54, 1.807) is 24.4 Å². The van der Waals surface area contributed by atoms with Crippen molar-refractivity contribution in [2.45, 2.75) is 6.54 Å². The smallest absolute Gasteiger partial charge is 0.192 e. The molecule has 0 aliphatic carbocycles. The van der Waals surface area contributed by atoms with E-state index < -0.39 is 5.92 Å². The highest BCUT2D eigenvalue weighted by Crippen LogP contribution is 2.24. The van der Waals surface area contributed by atoms with Crippen LogP contribution in [0.15, 0.2) is 84.7 Å². The molecule has 0 bridgehead atoms. The van der Waals surface area contributed by atoms with Crippen molar-refractivity contribution in [3.05, 3.63) is 95.8 Å². The highest BCUT2D eigenvalue weighted by molar-refractivity contribution is 6.09. The van der Waals surface area contributed by atoms with Crippen LogP contribution in [0.5, 0.6) is 0 Å². The van der Waals surface area contributed by atoms with Crippen LogP contribution in [0.4, 0.5) is 0 Å². The lowest BCUT2D eigenvalue weighted by Crippen LogP contribution is -2.21. The van der Waals surface area contributed by atoms with E-state index in [1.165, 1.54) is 0 Å². The summed E-state index contributed by atoms with van der Waals surface area (Å²) < 4.78 is 0. The summed E-state index contributed by atoms with van der Waals surface area (Å²) in [7, 11) is 0. The molecule has 0 spiro atoms. The zero-order valence-electron chi connectivity index (χ0n) is 12.6. The Morgan fingerprint density at radius 2 is 1.70 bits per heavy atom. The van der Waals surface area contributed by atoms with Crippen molar-refractivity contribution >= 4 is 5.78 Å². The second-order valence-electron chi connectivity index (χ2n) is 5.39. The molecule has 0 radical (unpaired) electrons. The van der Waals surface area contributed by atoms with Crippen LogP contribution in [0.3, 0.4) is 0 Å². The summed E-state index contributed by atoms with van der Waals surface area (Å²) >= 11 is 0. The Bertz CT molecular complexity index is 785. The van der Waals surface area contributed by atoms with Crippen LogP contribution >= 0.6 is 0 Å². The lowest BCUT2D eigenvalue weighted by atomic mass is 9.91. The maximum Gasteiger partial charge on any atom is 0.192 e. The standard InChI is InChI=1S/C20H16N2O/c21-13-18-11-12-22(14-16-7-3-1-4-8-16)15-19(18)20(23)17-9-5-2-6-10-17/h1-12,15,18H,14H2/t18-/m1/s1. The number of allylic oxidation sites excluding steroid dienone is 2. The van der Waals surface area contributed by atoms with Gasteiger partial charge in [0.05, 0.1) is 12.0 Å². The van der Waals surface area contributed by atoms with Gasteiger partial charge in [-0.2, -0.15) is 5.26 Å². The number of Topliss-reactive ketones (excluding diaryl/α,β-unsaturated/α-hetero) is 1. The third kappa shape index (κ3) is 3.38. The lowest BCUT2D eigenvalue weighted by Gasteiger charge is -2.23. The Morgan fingerprint density at radius 1 is 1.04 bits per heavy atom. The molecule has 0 N–H and O–H groups in total. The van der Waals surface area contributed by atoms with Gasteiger partial charge in [0.25, 0.3) is 0 Å². The SMILES string of the molecule is N#C[C@H]1C=CN(Cc2ccccc2)C=C1C(=O)c1ccccc1. The summed E-state index contributed by atoms with van der Waals surface area (Å²) in [5.74, 6) is -0.603. The normalized spacial score (nSPS) is 16.6. The van der Waals surface area contributed by atoms with Crippen molar-refractivity contribution in [3.8, 4) is 6.07 Å². The van der Waals surface area contributed by atoms with E-state index >= 15 is 0 Å². The fraction of sp³-hybridized carbons (Fsp3) is 0.100. The molecule has 1 atom stereocenters. The van der Waals surface area contributed by atoms with Gasteiger partial charge in [0.15, 0.2) is 5.78 Å². The summed E-state index contributed by atoms with van der Waals surface area (Å²) in [6, 6.07) is 21.3. The van der Waals surface area contributed by atoms with Crippen LogP contribution in [0.2, 0.25) is 0 Å². The molecule has 1 aliphatic heterocycles. The van der Waals surface area contributed by atoms with E-state index in [-0.39, 0.29) is 5.78 Å². The number of ketones is 1. The Labute approximate surface area is 135 Å². The molecule has 1 heterocycles. The molecule has 0 amide bonds. The quantitative estimate of drug-likeness (QED) is 0.804. The van der Waals surface area contributed by atoms with E-state index in [2.05, 4.69) is 6.07 Å². The maximum absolute atomic E-state index is 12.7. The van der Waals surface area contributed by atoms with Crippen molar-refractivity contribution in [2.75, 3.05) is 0 Å². The fourth-order valence-corrected chi connectivity index (χ4v) is 2.56. The van der Waals surface area contributed by atoms with E-state index in [0.717, 1.165) is 5.56 Å². The average Bonchev–Trinajstić information content (AvgIpc) is 2.62. The van der Waals surface area contributed by atoms with Gasteiger partial charge in [0, 0.05) is 30.1 Å². The van der Waals surface area contributed by atoms with Gasteiger partial charge in [-0.3, -0.25) is 4.79 Å². The second kappa shape index (κ2) is 6.76. The molecular weight excluding hydrogens is 284 g/mol. The van der Waals surface area contributed by atoms with Crippen LogP contribution in [-0.4, -0.2) is 10.7 Å². The molecule has 0 aromatic heterocycles. The lowest BCUT2D eigenvalue weighted by molar-refractivity contribution is 0.102. The summed E-state index contributed by atoms with van der Waals surface area (Å²) in [6.07, 6.45) is 5.43. The van der Waals surface area contributed by atoms with Gasteiger partial charge in [-0.25, -0.2) is 0 Å². The zero-order valence-corrected chi connectivity index (χ0v) is 12.6. The number of carbonyl (C=O) groups is 1. The minimum atomic E-state index is -0.505. The Balaban J connectivity index is 1.86. The molecule has 3 rings (SSSR count). The van der Waals surface area contributed by atoms with Crippen molar-refractivity contribution in [1.29, 1.82) is 5.26 Å². The van der Waals surface area contributed by atoms with Gasteiger partial charge in [-0.15, -0.1) is 0 Å². The number of hydrogen-bond donors (Lipinski definition) is 0. The van der Waals surface area contributed by atoms with Gasteiger partial charge in [0.1, 0.15) is 0 Å². The molecule has 112 valence electrons. The van der Waals surface area contributed by atoms with E-state index in [1.807, 2.05) is 59.6 Å². The molecule has 1 aliphatic rings. The predicted octanol–water partition coefficient (Wildman–Crippen LogP) is 3.92. The molecule has 2 aromatic carbocycles. The molecule has 0 saturated carbocycles. The first kappa shape index (κ1) is 14.8. The second-order valence-corrected chi connectivity index (χ2v) is 5.39. The zero-order chi connectivity index (χ0) is 16.1. The molecular formula is C20H16N2O. The van der Waals surface area contributed by atoms with Gasteiger partial charge < -0.3 is 4.90 Å². The molecule has 3 heteroatoms. The Morgan fingerprint density at radius 3 is 2.35 bits per heavy atom. The topological polar surface area (TPSA) is 44.1 Å². The van der Waals surface area contributed by atoms with Gasteiger partial charge in [0.2, 0.25) is 0 Å². The molecule has 0 saturated heterocycles. The molecule has 0 fully saturated rings. The van der Waals surface area contributed by atoms with Crippen LogP contribution in [-0.2, 0) is 6.54 Å². The van der Waals surface area contributed by atoms with E-state index in [0.29, 0.717) is 17.7 Å². The third-order valence-corrected chi connectivity index (χ3v) is 3.76. The first-order valence-electron chi connectivity index (χ1n) is 7.47. The first-order chi connectivity index (χ1) is 11.3. The van der Waals surface area contributed by atoms with E-state index in [9.17, 15) is 10.1 Å². The minimum absolute atomic E-state index is 0.0976. The van der Waals surface area contributed by atoms with Crippen molar-refractivity contribution in [1.82, 2.24) is 4.90 Å². The number of hydrogen-bond acceptors (Lipinski definition) is 3. The molecule has 3 nitrogen and oxygen atoms in total. The van der Waals surface area contributed by atoms with Crippen LogP contribution in [0, 0.1) is 17.2 Å². The van der Waals surface area contributed by atoms with Crippen molar-refractivity contribution in [2.24, 2.45) is 5.92 Å². The van der Waals surface area contributed by atoms with Crippen LogP contribution < -0.4 is 0 Å². The number of nitrogens with zero attached hydrogens (tertiary/aromatic N) is 2. The first-order valence-corrected chi connectivity index (χ1v) is 7.47. The number of nitriles is 1. The summed E-state index contributed by atoms with van der Waals surface area (Å²) in [6.45, 7) is 0.668. The van der Waals surface area contributed by atoms with Crippen LogP contribution in [0.1, 0.15) is 15.9 Å². The number of benzene rings is 2. The van der Waals surface area contributed by atoms with Gasteiger partial charge in [-0.1, -0.05) is 60.7 Å². The predicted molar refractivity (Wildman–Crippen MR) is 89.1 cm³/mol. The highest BCUT2D eigenvalue weighted by atomic mass is 16.1. The van der Waals surface area contributed by atoms with Gasteiger partial charge in [-0.05, 0) is 11.6 Å². The summed E-state index contributed by atoms with van der Waals surface area (Å²) in [5.41, 5.74) is 2.27. The molecule has 2 aromatic rings. The fourth-order valence-electron chi connectivity index (χ4n) is 2.56. The summed E-state index contributed by atoms with van der Waals surface area (Å²) in [5, 5.41) is 9.32. The maximum atomic E-state index is 12.7. The summed E-state index contributed by atoms with van der Waals surface area (Å²) in [4.78, 5) is 14.6. The number of rotatable bonds is 4. The molecule has 23 heavy (non-hydrogen) atoms. The Kier molecular flexibility index (Phi) is 4.35. The Hall–Kier alpha value is -3.12. The number of carbonyl (C=O) groups excluding carboxylic acids is 1. The highest BCUT2D eigenvalue weighted by Gasteiger charge is 2.23. The largest absolute Gasteiger partial charge is 0.350 e. The van der Waals surface area contributed by atoms with Crippen molar-refractivity contribution in [3.63, 3.8) is 0 Å². The van der Waals surface area contributed by atoms with Crippen LogP contribution in [0.25, 0.3) is 0 Å². The third-order valence-electron chi connectivity index (χ3n) is 3.76. The minimum Gasteiger partial charge on any atom is -0.350 e. The van der Waals surface area contributed by atoms with Crippen molar-refractivity contribution < 1.29 is 4.79 Å². The van der Waals surface area contributed by atoms with Gasteiger partial charge >= 0.3 is 0 Å². The average molecular weight is 300 g/mol. The van der Waals surface area contributed by atoms with E-state index in [4.69, 9.17) is 0 Å².